The van der Waals surface area contributed by atoms with Crippen LogP contribution in [0.5, 0.6) is 0 Å². The molecule has 0 aliphatic carbocycles. The zero-order valence-electron chi connectivity index (χ0n) is 36.6. The Morgan fingerprint density at radius 3 is 2.00 bits per heavy atom. The molecule has 67 heavy (non-hydrogen) atoms. The number of esters is 1. The molecule has 17 nitrogen and oxygen atoms in total. The molecule has 5 aromatic rings. The van der Waals surface area contributed by atoms with E-state index in [0.717, 1.165) is 7.96 Å². The molecular weight excluding hydrogens is 1180 g/mol. The monoisotopic (exact) mass is 1240 g/mol. The molecule has 34 heteroatoms. The number of ether oxygens (including phenoxy) is 6. The van der Waals surface area contributed by atoms with Crippen LogP contribution in [0.25, 0.3) is 22.3 Å². The fraction of sp³-hybridized carbons (Fsp3) is 0.485. The van der Waals surface area contributed by atoms with Crippen LogP contribution in [0.15, 0.2) is 60.4 Å². The molecule has 0 radical (unpaired) electrons. The summed E-state index contributed by atoms with van der Waals surface area (Å²) in [4.78, 5) is 47.7. The molecule has 3 aliphatic rings. The van der Waals surface area contributed by atoms with Gasteiger partial charge < -0.3 is 46.5 Å². The molecule has 12 unspecified atom stereocenters. The largest absolute Gasteiger partial charge is 0.489 e. The van der Waals surface area contributed by atoms with Crippen LogP contribution in [-0.4, -0.2) is 100 Å². The van der Waals surface area contributed by atoms with Crippen molar-refractivity contribution in [2.75, 3.05) is 7.11 Å². The maximum atomic E-state index is 12.7. The number of aliphatic hydroxyl groups excluding tert-OH is 1. The summed E-state index contributed by atoms with van der Waals surface area (Å²) < 4.78 is 37.9. The van der Waals surface area contributed by atoms with Crippen LogP contribution in [-0.2, 0) is 28.4 Å². The quantitative estimate of drug-likeness (QED) is 0.0679. The summed E-state index contributed by atoms with van der Waals surface area (Å²) in [5, 5.41) is 10.2. The van der Waals surface area contributed by atoms with E-state index < -0.39 is 49.5 Å². The smallest absolute Gasteiger partial charge is 0.338 e. The Kier molecular flexibility index (Phi) is 26.3. The lowest BCUT2D eigenvalue weighted by molar-refractivity contribution is -0.259. The summed E-state index contributed by atoms with van der Waals surface area (Å²) in [5.41, 5.74) is 1.77. The normalized spacial score (nSPS) is 25.7. The number of carbonyl (C=O) groups is 1. The lowest BCUT2D eigenvalue weighted by atomic mass is 9.92. The molecular formula is C33H56ClN8O9P16-. The number of hydrogen-bond donors (Lipinski definition) is 2. The minimum atomic E-state index is -0.830. The second kappa shape index (κ2) is 29.1. The summed E-state index contributed by atoms with van der Waals surface area (Å²) in [6.45, 7) is 7.86. The lowest BCUT2D eigenvalue weighted by Gasteiger charge is -2.34. The van der Waals surface area contributed by atoms with Crippen molar-refractivity contribution in [1.82, 2.24) is 39.0 Å². The first-order valence-corrected chi connectivity index (χ1v) is 47.2. The van der Waals surface area contributed by atoms with Crippen molar-refractivity contribution in [2.45, 2.75) is 83.3 Å². The fourth-order valence-corrected chi connectivity index (χ4v) is 135. The number of carbonyl (C=O) groups excluding carboxylic acids is 1. The van der Waals surface area contributed by atoms with Crippen LogP contribution >= 0.6 is 143 Å². The van der Waals surface area contributed by atoms with E-state index in [-0.39, 0.29) is 75.1 Å². The minimum absolute atomic E-state index is 0.00702. The van der Waals surface area contributed by atoms with Crippen molar-refractivity contribution in [3.8, 4) is 0 Å². The second-order valence-electron chi connectivity index (χ2n) is 14.8. The molecule has 4 aromatic heterocycles. The number of H-pyrrole nitrogens is 1. The van der Waals surface area contributed by atoms with Gasteiger partial charge in [-0.15, -0.1) is 62.5 Å². The van der Waals surface area contributed by atoms with Gasteiger partial charge in [0.25, 0.3) is 12.0 Å². The molecule has 3 aliphatic heterocycles. The molecule has 3 saturated heterocycles. The van der Waals surface area contributed by atoms with Gasteiger partial charge in [-0.05, 0) is 59.9 Å². The van der Waals surface area contributed by atoms with Crippen molar-refractivity contribution in [1.29, 1.82) is 0 Å². The van der Waals surface area contributed by atoms with Gasteiger partial charge in [0.05, 0.1) is 36.8 Å². The number of imidazole rings is 2. The number of nitrogens with one attached hydrogen (secondary N) is 1. The van der Waals surface area contributed by atoms with E-state index in [1.165, 1.54) is 34.0 Å². The van der Waals surface area contributed by atoms with Crippen LogP contribution in [0.1, 0.15) is 50.5 Å². The first-order valence-electron chi connectivity index (χ1n) is 19.8. The van der Waals surface area contributed by atoms with E-state index in [9.17, 15) is 14.7 Å². The Morgan fingerprint density at radius 2 is 1.45 bits per heavy atom. The number of rotatable bonds is 12. The van der Waals surface area contributed by atoms with E-state index in [2.05, 4.69) is 124 Å². The van der Waals surface area contributed by atoms with Crippen molar-refractivity contribution >= 4 is 171 Å². The standard InChI is InChI=1S/C20H21ClN4O3.C13H16N4O6.H15P13.H4P3/c1-11(2)15-12(3)16(28-20(26)13-7-5-4-6-8-13)19(27-15)25-10-24-14-17(21)22-9-23-18(14)25;1-5(18)7-8-9(23-13(20-2)22-8)12(21-7)17-4-16-6-10(17)14-3-15-11(6)19;1-8-12(9(2)3)13(10(4)5)11(6)7;1-3-2/h4-12,15-16,19H,1-3H3;3-5,7-9,12-13,18H,1-2H3,(H,14,15,19);8H,1-7H2;1-2H2/q;;;-1/t12-,15-,16-,19-;5-,7+,8+,9+,12+,13?;;/m10../s1. The maximum Gasteiger partial charge on any atom is 0.338 e. The molecule has 8 rings (SSSR count). The van der Waals surface area contributed by atoms with Gasteiger partial charge in [0, 0.05) is 13.0 Å². The highest BCUT2D eigenvalue weighted by atomic mass is 35.5. The number of fused-ring (bicyclic) bond motifs is 3. The first-order chi connectivity index (χ1) is 31.9. The molecule has 3 fully saturated rings. The van der Waals surface area contributed by atoms with E-state index in [0.29, 0.717) is 22.4 Å². The third kappa shape index (κ3) is 15.4. The highest BCUT2D eigenvalue weighted by Gasteiger charge is 2.55. The van der Waals surface area contributed by atoms with Gasteiger partial charge in [0.15, 0.2) is 40.5 Å². The Hall–Kier alpha value is 2.52. The van der Waals surface area contributed by atoms with E-state index in [4.69, 9.17) is 40.0 Å². The van der Waals surface area contributed by atoms with E-state index >= 15 is 0 Å². The van der Waals surface area contributed by atoms with E-state index in [1.807, 2.05) is 25.1 Å². The number of aromatic amines is 1. The Bertz CT molecular complexity index is 2390. The number of methoxy groups -OCH3 is 1. The second-order valence-corrected chi connectivity index (χ2v) is 66.5. The Labute approximate surface area is 424 Å². The molecule has 21 atom stereocenters. The van der Waals surface area contributed by atoms with Crippen LogP contribution in [0.3, 0.4) is 0 Å². The number of nitrogens with zero attached hydrogens (tertiary/aromatic N) is 7. The third-order valence-electron chi connectivity index (χ3n) is 10.1. The van der Waals surface area contributed by atoms with Crippen molar-refractivity contribution in [2.24, 2.45) is 11.8 Å². The molecule has 0 saturated carbocycles. The molecule has 1 aromatic carbocycles. The molecule has 370 valence electrons. The van der Waals surface area contributed by atoms with Gasteiger partial charge >= 0.3 is 5.97 Å². The number of benzene rings is 1. The number of hydrogen-bond acceptors (Lipinski definition) is 14. The highest BCUT2D eigenvalue weighted by molar-refractivity contribution is 9.24. The van der Waals surface area contributed by atoms with Gasteiger partial charge in [-0.2, -0.15) is 0 Å². The fourth-order valence-electron chi connectivity index (χ4n) is 7.29. The van der Waals surface area contributed by atoms with E-state index in [1.54, 1.807) is 34.5 Å². The summed E-state index contributed by atoms with van der Waals surface area (Å²) >= 11 is 6.13. The van der Waals surface area contributed by atoms with Gasteiger partial charge in [0.1, 0.15) is 30.2 Å². The van der Waals surface area contributed by atoms with Crippen LogP contribution in [0.4, 0.5) is 0 Å². The average molecular weight is 1240 g/mol. The summed E-state index contributed by atoms with van der Waals surface area (Å²) in [6, 6.07) is 8.94. The SMILES string of the molecule is CC(C)[C@H]1O[C@@H](n2cnc3c(Cl)ncnc32)[C@H](OC(=O)c2ccccc2)[C@@H]1C.COC1O[C@H]2[C@@H](O1)[C@H](n1cnc3c(=O)[nH]cnc31)O[C@@H]2[C@H](C)O.PPP(P(P)P)P(P(P)P)P(P)P.P[P-]P. The van der Waals surface area contributed by atoms with Gasteiger partial charge in [-0.25, -0.2) is 29.7 Å². The van der Waals surface area contributed by atoms with Crippen molar-refractivity contribution < 1.29 is 38.3 Å². The topological polar surface area (TPSA) is 200 Å². The predicted molar refractivity (Wildman–Crippen MR) is 315 cm³/mol. The average Bonchev–Trinajstić information content (AvgIpc) is 4.13. The van der Waals surface area contributed by atoms with Gasteiger partial charge in [0.2, 0.25) is 0 Å². The summed E-state index contributed by atoms with van der Waals surface area (Å²) in [6.07, 6.45) is 1.61. The minimum Gasteiger partial charge on any atom is -0.489 e. The molecule has 7 heterocycles. The maximum absolute atomic E-state index is 12.7. The molecule has 0 bridgehead atoms. The van der Waals surface area contributed by atoms with Crippen molar-refractivity contribution in [3.05, 3.63) is 76.7 Å². The lowest BCUT2D eigenvalue weighted by Crippen LogP contribution is -2.36. The Balaban J connectivity index is 0.000000194. The van der Waals surface area contributed by atoms with Crippen molar-refractivity contribution in [3.63, 3.8) is 0 Å². The molecule has 2 N–H and O–H groups in total. The molecule has 0 spiro atoms. The number of aliphatic hydroxyl groups is 1. The van der Waals surface area contributed by atoms with Crippen LogP contribution < -0.4 is 5.56 Å². The first kappa shape index (κ1) is 60.4. The van der Waals surface area contributed by atoms with Crippen LogP contribution in [0.2, 0.25) is 5.15 Å². The number of aromatic nitrogens is 8. The third-order valence-corrected chi connectivity index (χ3v) is 83.7. The zero-order valence-corrected chi connectivity index (χ0v) is 54.2. The predicted octanol–water partition coefficient (Wildman–Crippen LogP) is 11.7. The molecule has 0 amide bonds. The summed E-state index contributed by atoms with van der Waals surface area (Å²) in [5.74, 6) is -0.133. The zero-order chi connectivity index (χ0) is 49.3. The van der Waals surface area contributed by atoms with Gasteiger partial charge in [-0.3, -0.25) is 31.8 Å². The van der Waals surface area contributed by atoms with Gasteiger partial charge in [-0.1, -0.05) is 58.5 Å². The number of halogens is 1. The Morgan fingerprint density at radius 1 is 0.866 bits per heavy atom. The summed E-state index contributed by atoms with van der Waals surface area (Å²) in [7, 11) is 30.0. The highest BCUT2D eigenvalue weighted by Crippen LogP contribution is 3.18. The van der Waals surface area contributed by atoms with Crippen LogP contribution in [0, 0.1) is 11.8 Å².